The molecule has 162 valence electrons. The van der Waals surface area contributed by atoms with Crippen LogP contribution >= 0.6 is 0 Å². The van der Waals surface area contributed by atoms with Crippen molar-refractivity contribution in [1.29, 1.82) is 5.26 Å². The molecule has 0 aromatic carbocycles. The summed E-state index contributed by atoms with van der Waals surface area (Å²) in [5, 5.41) is 11.0. The first kappa shape index (κ1) is 21.3. The zero-order valence-corrected chi connectivity index (χ0v) is 18.2. The van der Waals surface area contributed by atoms with Gasteiger partial charge in [-0.25, -0.2) is 14.8 Å². The normalized spacial score (nSPS) is 14.9. The summed E-state index contributed by atoms with van der Waals surface area (Å²) in [4.78, 5) is 9.42. The Bertz CT molecular complexity index is 1070. The van der Waals surface area contributed by atoms with E-state index in [1.165, 1.54) is 6.42 Å². The second kappa shape index (κ2) is 9.44. The van der Waals surface area contributed by atoms with Crippen LogP contribution in [0.4, 0.5) is 10.1 Å². The van der Waals surface area contributed by atoms with E-state index in [-0.39, 0.29) is 6.04 Å². The molecule has 31 heavy (non-hydrogen) atoms. The zero-order chi connectivity index (χ0) is 21.8. The number of pyridine rings is 2. The van der Waals surface area contributed by atoms with Gasteiger partial charge in [-0.3, -0.25) is 4.98 Å². The van der Waals surface area contributed by atoms with Crippen LogP contribution in [0.5, 0.6) is 0 Å². The number of hydrogen-bond donors (Lipinski definition) is 2. The first-order valence-corrected chi connectivity index (χ1v) is 11.2. The molecule has 1 fully saturated rings. The number of nitrogens with one attached hydrogen (secondary N) is 2. The standard InChI is InChI=1S/C24H29FN6/c1-3-6-16-11-20-21(13-26)23(31(19-7-5-8-19)24(20)28-14-16)22-10-9-18(15-27-22)30-29-17(4-2)12-25/h9-11,14-15,17,19,29-30H,3-8,12H2,1-2H3. The van der Waals surface area contributed by atoms with Gasteiger partial charge in [0.05, 0.1) is 34.9 Å². The maximum atomic E-state index is 12.9. The maximum absolute atomic E-state index is 12.9. The fraction of sp³-hybridized carbons (Fsp3) is 0.458. The van der Waals surface area contributed by atoms with Crippen molar-refractivity contribution < 1.29 is 4.39 Å². The summed E-state index contributed by atoms with van der Waals surface area (Å²) in [5.74, 6) is 0. The Labute approximate surface area is 182 Å². The first-order valence-electron chi connectivity index (χ1n) is 11.2. The fourth-order valence-electron chi connectivity index (χ4n) is 4.06. The van der Waals surface area contributed by atoms with Gasteiger partial charge in [-0.2, -0.15) is 5.26 Å². The molecule has 0 saturated heterocycles. The number of fused-ring (bicyclic) bond motifs is 1. The summed E-state index contributed by atoms with van der Waals surface area (Å²) in [6, 6.07) is 8.47. The molecule has 7 heteroatoms. The van der Waals surface area contributed by atoms with Crippen LogP contribution in [0.25, 0.3) is 22.4 Å². The number of hydrogen-bond acceptors (Lipinski definition) is 5. The minimum atomic E-state index is -0.435. The van der Waals surface area contributed by atoms with E-state index in [0.717, 1.165) is 59.4 Å². The highest BCUT2D eigenvalue weighted by atomic mass is 19.1. The van der Waals surface area contributed by atoms with Crippen LogP contribution in [-0.4, -0.2) is 27.3 Å². The molecule has 0 amide bonds. The molecule has 0 radical (unpaired) electrons. The number of anilines is 1. The van der Waals surface area contributed by atoms with Crippen molar-refractivity contribution in [3.8, 4) is 17.5 Å². The average Bonchev–Trinajstić information content (AvgIpc) is 3.07. The van der Waals surface area contributed by atoms with Crippen molar-refractivity contribution >= 4 is 16.7 Å². The van der Waals surface area contributed by atoms with Crippen LogP contribution in [-0.2, 0) is 6.42 Å². The molecule has 3 heterocycles. The summed E-state index contributed by atoms with van der Waals surface area (Å²) in [6.45, 7) is 3.64. The third-order valence-electron chi connectivity index (χ3n) is 6.09. The molecule has 0 spiro atoms. The lowest BCUT2D eigenvalue weighted by Gasteiger charge is -2.29. The Kier molecular flexibility index (Phi) is 6.47. The Balaban J connectivity index is 1.74. The summed E-state index contributed by atoms with van der Waals surface area (Å²) >= 11 is 0. The largest absolute Gasteiger partial charge is 0.320 e. The monoisotopic (exact) mass is 420 g/mol. The number of alkyl halides is 1. The number of hydrazine groups is 1. The van der Waals surface area contributed by atoms with Crippen LogP contribution in [0.3, 0.4) is 0 Å². The van der Waals surface area contributed by atoms with Gasteiger partial charge in [0.2, 0.25) is 0 Å². The van der Waals surface area contributed by atoms with Crippen molar-refractivity contribution in [2.24, 2.45) is 0 Å². The molecule has 3 aromatic heterocycles. The molecule has 3 aromatic rings. The van der Waals surface area contributed by atoms with Gasteiger partial charge >= 0.3 is 0 Å². The van der Waals surface area contributed by atoms with E-state index in [4.69, 9.17) is 4.98 Å². The van der Waals surface area contributed by atoms with Gasteiger partial charge < -0.3 is 9.99 Å². The molecule has 1 atom stereocenters. The molecule has 1 aliphatic carbocycles. The summed E-state index contributed by atoms with van der Waals surface area (Å²) in [5.41, 5.74) is 11.0. The van der Waals surface area contributed by atoms with E-state index in [1.54, 1.807) is 6.20 Å². The predicted octanol–water partition coefficient (Wildman–Crippen LogP) is 5.31. The summed E-state index contributed by atoms with van der Waals surface area (Å²) < 4.78 is 15.1. The third kappa shape index (κ3) is 4.13. The van der Waals surface area contributed by atoms with E-state index in [0.29, 0.717) is 18.0 Å². The van der Waals surface area contributed by atoms with Crippen LogP contribution in [0.2, 0.25) is 0 Å². The molecule has 4 rings (SSSR count). The number of rotatable bonds is 9. The number of halogens is 1. The predicted molar refractivity (Wildman–Crippen MR) is 121 cm³/mol. The van der Waals surface area contributed by atoms with Crippen molar-refractivity contribution in [2.75, 3.05) is 12.1 Å². The van der Waals surface area contributed by atoms with Gasteiger partial charge in [0.1, 0.15) is 18.4 Å². The quantitative estimate of drug-likeness (QED) is 0.459. The Morgan fingerprint density at radius 3 is 2.68 bits per heavy atom. The summed E-state index contributed by atoms with van der Waals surface area (Å²) in [6.07, 6.45) is 9.69. The van der Waals surface area contributed by atoms with E-state index >= 15 is 0 Å². The smallest absolute Gasteiger partial charge is 0.142 e. The third-order valence-corrected chi connectivity index (χ3v) is 6.09. The fourth-order valence-corrected chi connectivity index (χ4v) is 4.06. The van der Waals surface area contributed by atoms with Crippen LogP contribution in [0.1, 0.15) is 63.1 Å². The second-order valence-corrected chi connectivity index (χ2v) is 8.22. The average molecular weight is 421 g/mol. The molecular weight excluding hydrogens is 391 g/mol. The van der Waals surface area contributed by atoms with Gasteiger partial charge in [0.25, 0.3) is 0 Å². The second-order valence-electron chi connectivity index (χ2n) is 8.22. The van der Waals surface area contributed by atoms with Crippen LogP contribution < -0.4 is 10.9 Å². The van der Waals surface area contributed by atoms with Crippen LogP contribution in [0, 0.1) is 11.3 Å². The van der Waals surface area contributed by atoms with Gasteiger partial charge in [0, 0.05) is 17.6 Å². The Hall–Kier alpha value is -2.98. The van der Waals surface area contributed by atoms with Crippen molar-refractivity contribution in [2.45, 2.75) is 64.5 Å². The zero-order valence-electron chi connectivity index (χ0n) is 18.2. The van der Waals surface area contributed by atoms with E-state index in [2.05, 4.69) is 39.5 Å². The van der Waals surface area contributed by atoms with Gasteiger partial charge in [-0.1, -0.05) is 20.3 Å². The van der Waals surface area contributed by atoms with E-state index < -0.39 is 6.67 Å². The molecule has 6 nitrogen and oxygen atoms in total. The molecule has 1 unspecified atom stereocenters. The Morgan fingerprint density at radius 1 is 1.26 bits per heavy atom. The number of nitriles is 1. The highest BCUT2D eigenvalue weighted by molar-refractivity contribution is 5.92. The first-order chi connectivity index (χ1) is 15.2. The van der Waals surface area contributed by atoms with E-state index in [1.807, 2.05) is 25.3 Å². The molecule has 0 aliphatic heterocycles. The lowest BCUT2D eigenvalue weighted by molar-refractivity contribution is 0.322. The van der Waals surface area contributed by atoms with E-state index in [9.17, 15) is 9.65 Å². The molecule has 1 saturated carbocycles. The lowest BCUT2D eigenvalue weighted by atomic mass is 9.92. The maximum Gasteiger partial charge on any atom is 0.142 e. The number of aryl methyl sites for hydroxylation is 1. The van der Waals surface area contributed by atoms with Gasteiger partial charge in [-0.15, -0.1) is 0 Å². The van der Waals surface area contributed by atoms with Crippen LogP contribution in [0.15, 0.2) is 30.6 Å². The van der Waals surface area contributed by atoms with Gasteiger partial charge in [0.15, 0.2) is 0 Å². The van der Waals surface area contributed by atoms with Crippen molar-refractivity contribution in [3.63, 3.8) is 0 Å². The Morgan fingerprint density at radius 2 is 2.10 bits per heavy atom. The van der Waals surface area contributed by atoms with Gasteiger partial charge in [-0.05, 0) is 55.9 Å². The summed E-state index contributed by atoms with van der Waals surface area (Å²) in [7, 11) is 0. The number of aromatic nitrogens is 3. The molecule has 1 aliphatic rings. The highest BCUT2D eigenvalue weighted by Gasteiger charge is 2.29. The highest BCUT2D eigenvalue weighted by Crippen LogP contribution is 2.41. The SMILES string of the molecule is CCCc1cnc2c(c1)c(C#N)c(-c1ccc(NNC(CC)CF)cn1)n2C1CCC1. The minimum Gasteiger partial charge on any atom is -0.320 e. The lowest BCUT2D eigenvalue weighted by Crippen LogP contribution is -2.35. The van der Waals surface area contributed by atoms with Crippen molar-refractivity contribution in [1.82, 2.24) is 20.0 Å². The topological polar surface area (TPSA) is 78.6 Å². The van der Waals surface area contributed by atoms with Crippen molar-refractivity contribution in [3.05, 3.63) is 41.7 Å². The molecular formula is C24H29FN6. The minimum absolute atomic E-state index is 0.241. The molecule has 2 N–H and O–H groups in total. The number of nitrogens with zero attached hydrogens (tertiary/aromatic N) is 4. The molecule has 0 bridgehead atoms.